The first-order valence-corrected chi connectivity index (χ1v) is 11.9. The van der Waals surface area contributed by atoms with Crippen LogP contribution in [0.5, 0.6) is 0 Å². The Kier molecular flexibility index (Phi) is 6.21. The number of rotatable bonds is 7. The molecule has 5 aromatic rings. The molecular weight excluding hydrogens is 452 g/mol. The number of pyridine rings is 1. The van der Waals surface area contributed by atoms with Gasteiger partial charge in [0, 0.05) is 28.8 Å². The Morgan fingerprint density at radius 3 is 2.64 bits per heavy atom. The minimum atomic E-state index is -0.454. The summed E-state index contributed by atoms with van der Waals surface area (Å²) in [6.07, 6.45) is 1.50. The first-order chi connectivity index (χ1) is 17.4. The van der Waals surface area contributed by atoms with E-state index in [0.29, 0.717) is 18.4 Å². The van der Waals surface area contributed by atoms with Crippen LogP contribution in [0.15, 0.2) is 72.8 Å². The minimum Gasteiger partial charge on any atom is -0.353 e. The maximum absolute atomic E-state index is 12.8. The number of aromatic amines is 1. The molecule has 2 N–H and O–H groups in total. The zero-order valence-electron chi connectivity index (χ0n) is 20.2. The van der Waals surface area contributed by atoms with Crippen LogP contribution < -0.4 is 5.32 Å². The molecule has 0 saturated carbocycles. The fourth-order valence-corrected chi connectivity index (χ4v) is 4.76. The van der Waals surface area contributed by atoms with Gasteiger partial charge in [-0.1, -0.05) is 48.5 Å². The maximum atomic E-state index is 12.8. The number of hydrogen-bond donors (Lipinski definition) is 2. The van der Waals surface area contributed by atoms with Crippen molar-refractivity contribution >= 4 is 39.1 Å². The zero-order chi connectivity index (χ0) is 25.2. The molecule has 1 amide bonds. The first kappa shape index (κ1) is 23.2. The highest BCUT2D eigenvalue weighted by molar-refractivity contribution is 5.95. The van der Waals surface area contributed by atoms with E-state index in [0.717, 1.165) is 44.3 Å². The van der Waals surface area contributed by atoms with E-state index < -0.39 is 4.92 Å². The first-order valence-electron chi connectivity index (χ1n) is 11.9. The largest absolute Gasteiger partial charge is 0.353 e. The van der Waals surface area contributed by atoms with Gasteiger partial charge in [0.25, 0.3) is 5.69 Å². The number of para-hydroxylation sites is 2. The van der Waals surface area contributed by atoms with Crippen molar-refractivity contribution in [1.29, 1.82) is 0 Å². The van der Waals surface area contributed by atoms with Crippen LogP contribution >= 0.6 is 0 Å². The zero-order valence-corrected chi connectivity index (χ0v) is 20.2. The van der Waals surface area contributed by atoms with Crippen molar-refractivity contribution in [3.8, 4) is 11.4 Å². The van der Waals surface area contributed by atoms with Gasteiger partial charge >= 0.3 is 0 Å². The second-order valence-electron chi connectivity index (χ2n) is 9.05. The second kappa shape index (κ2) is 9.62. The van der Waals surface area contributed by atoms with Crippen LogP contribution in [0.3, 0.4) is 0 Å². The van der Waals surface area contributed by atoms with Crippen molar-refractivity contribution in [2.75, 3.05) is 5.32 Å². The average Bonchev–Trinajstić information content (AvgIpc) is 3.23. The van der Waals surface area contributed by atoms with Gasteiger partial charge in [0.1, 0.15) is 5.69 Å². The van der Waals surface area contributed by atoms with Gasteiger partial charge in [-0.15, -0.1) is 0 Å². The van der Waals surface area contributed by atoms with Crippen molar-refractivity contribution < 1.29 is 9.72 Å². The summed E-state index contributed by atoms with van der Waals surface area (Å²) in [5.41, 5.74) is 6.51. The number of H-pyrrole nitrogens is 1. The van der Waals surface area contributed by atoms with E-state index >= 15 is 0 Å². The number of aromatic nitrogens is 2. The van der Waals surface area contributed by atoms with Crippen LogP contribution in [0.1, 0.15) is 29.5 Å². The van der Waals surface area contributed by atoms with Crippen LogP contribution in [0, 0.1) is 24.0 Å². The molecule has 180 valence electrons. The minimum absolute atomic E-state index is 0.0813. The molecule has 0 aliphatic carbocycles. The number of nitrogens with one attached hydrogen (secondary N) is 2. The van der Waals surface area contributed by atoms with Crippen molar-refractivity contribution in [1.82, 2.24) is 9.97 Å². The Hall–Kier alpha value is -4.52. The van der Waals surface area contributed by atoms with Crippen LogP contribution in [0.2, 0.25) is 0 Å². The topological polar surface area (TPSA) is 101 Å². The normalized spacial score (nSPS) is 11.2. The van der Waals surface area contributed by atoms with Crippen molar-refractivity contribution in [2.24, 2.45) is 0 Å². The number of hydrogen-bond acceptors (Lipinski definition) is 4. The molecule has 0 spiro atoms. The predicted octanol–water partition coefficient (Wildman–Crippen LogP) is 6.87. The van der Waals surface area contributed by atoms with Gasteiger partial charge in [0.15, 0.2) is 0 Å². The quantitative estimate of drug-likeness (QED) is 0.197. The maximum Gasteiger partial charge on any atom is 0.293 e. The Bertz CT molecular complexity index is 1620. The van der Waals surface area contributed by atoms with E-state index in [1.807, 2.05) is 54.6 Å². The molecule has 0 atom stereocenters. The molecule has 0 radical (unpaired) electrons. The lowest BCUT2D eigenvalue weighted by Gasteiger charge is -2.10. The Balaban J connectivity index is 1.38. The van der Waals surface area contributed by atoms with E-state index in [1.165, 1.54) is 6.07 Å². The molecule has 7 heteroatoms. The number of nitro groups is 1. The summed E-state index contributed by atoms with van der Waals surface area (Å²) in [5.74, 6) is -0.240. The Labute approximate surface area is 208 Å². The van der Waals surface area contributed by atoms with E-state index in [2.05, 4.69) is 22.4 Å². The number of anilines is 1. The summed E-state index contributed by atoms with van der Waals surface area (Å²) >= 11 is 0. The standard InChI is InChI=1S/C29H26N4O3/c1-18-16-19(2)28(26(17-18)33(35)36)32-27(34)13-7-10-22-21-9-4-6-12-24(21)31-29(22)25-15-14-20-8-3-5-11-23(20)30-25/h3-6,8-9,11-12,14-17,31H,7,10,13H2,1-2H3,(H,32,34). The molecule has 2 aromatic heterocycles. The number of carbonyl (C=O) groups excluding carboxylic acids is 1. The molecule has 7 nitrogen and oxygen atoms in total. The molecule has 36 heavy (non-hydrogen) atoms. The van der Waals surface area contributed by atoms with Gasteiger partial charge in [-0.2, -0.15) is 0 Å². The number of benzene rings is 3. The Morgan fingerprint density at radius 1 is 1.03 bits per heavy atom. The molecular formula is C29H26N4O3. The molecule has 5 rings (SSSR count). The lowest BCUT2D eigenvalue weighted by molar-refractivity contribution is -0.384. The van der Waals surface area contributed by atoms with Gasteiger partial charge in [0.05, 0.1) is 21.8 Å². The number of aryl methyl sites for hydroxylation is 3. The molecule has 0 aliphatic rings. The summed E-state index contributed by atoms with van der Waals surface area (Å²) < 4.78 is 0. The second-order valence-corrected chi connectivity index (χ2v) is 9.05. The highest BCUT2D eigenvalue weighted by Crippen LogP contribution is 2.32. The molecule has 0 bridgehead atoms. The molecule has 0 unspecified atom stereocenters. The third-order valence-electron chi connectivity index (χ3n) is 6.42. The highest BCUT2D eigenvalue weighted by Gasteiger charge is 2.20. The van der Waals surface area contributed by atoms with Crippen LogP contribution in [0.4, 0.5) is 11.4 Å². The third kappa shape index (κ3) is 4.55. The molecule has 3 aromatic carbocycles. The van der Waals surface area contributed by atoms with Gasteiger partial charge in [-0.3, -0.25) is 14.9 Å². The fourth-order valence-electron chi connectivity index (χ4n) is 4.76. The fraction of sp³-hybridized carbons (Fsp3) is 0.172. The number of nitro benzene ring substituents is 1. The smallest absolute Gasteiger partial charge is 0.293 e. The summed E-state index contributed by atoms with van der Waals surface area (Å²) in [7, 11) is 0. The molecule has 2 heterocycles. The number of fused-ring (bicyclic) bond motifs is 2. The SMILES string of the molecule is Cc1cc(C)c(NC(=O)CCCc2c(-c3ccc4ccccc4n3)[nH]c3ccccc23)c([N+](=O)[O-])c1. The van der Waals surface area contributed by atoms with Gasteiger partial charge < -0.3 is 10.3 Å². The summed E-state index contributed by atoms with van der Waals surface area (Å²) in [6.45, 7) is 3.57. The summed E-state index contributed by atoms with van der Waals surface area (Å²) in [6, 6.07) is 23.5. The van der Waals surface area contributed by atoms with E-state index in [1.54, 1.807) is 13.8 Å². The van der Waals surface area contributed by atoms with Gasteiger partial charge in [-0.05, 0) is 61.6 Å². The number of nitrogens with zero attached hydrogens (tertiary/aromatic N) is 2. The van der Waals surface area contributed by atoms with Gasteiger partial charge in [-0.25, -0.2) is 4.98 Å². The highest BCUT2D eigenvalue weighted by atomic mass is 16.6. The van der Waals surface area contributed by atoms with Crippen molar-refractivity contribution in [2.45, 2.75) is 33.1 Å². The number of amides is 1. The van der Waals surface area contributed by atoms with E-state index in [4.69, 9.17) is 4.98 Å². The van der Waals surface area contributed by atoms with E-state index in [-0.39, 0.29) is 23.7 Å². The van der Waals surface area contributed by atoms with Crippen molar-refractivity contribution in [3.63, 3.8) is 0 Å². The average molecular weight is 479 g/mol. The molecule has 0 fully saturated rings. The number of carbonyl (C=O) groups is 1. The third-order valence-corrected chi connectivity index (χ3v) is 6.42. The van der Waals surface area contributed by atoms with Crippen LogP contribution in [0.25, 0.3) is 33.2 Å². The molecule has 0 saturated heterocycles. The monoisotopic (exact) mass is 478 g/mol. The van der Waals surface area contributed by atoms with Crippen LogP contribution in [-0.4, -0.2) is 20.8 Å². The lowest BCUT2D eigenvalue weighted by atomic mass is 10.0. The van der Waals surface area contributed by atoms with E-state index in [9.17, 15) is 14.9 Å². The predicted molar refractivity (Wildman–Crippen MR) is 143 cm³/mol. The summed E-state index contributed by atoms with van der Waals surface area (Å²) in [4.78, 5) is 32.2. The van der Waals surface area contributed by atoms with Crippen molar-refractivity contribution in [3.05, 3.63) is 99.6 Å². The lowest BCUT2D eigenvalue weighted by Crippen LogP contribution is -2.14. The summed E-state index contributed by atoms with van der Waals surface area (Å²) in [5, 5.41) is 16.5. The molecule has 0 aliphatic heterocycles. The Morgan fingerprint density at radius 2 is 1.81 bits per heavy atom. The van der Waals surface area contributed by atoms with Gasteiger partial charge in [0.2, 0.25) is 5.91 Å². The van der Waals surface area contributed by atoms with Crippen LogP contribution in [-0.2, 0) is 11.2 Å².